The molecule has 27 valence electrons. The van der Waals surface area contributed by atoms with E-state index in [0.29, 0.717) is 0 Å². The summed E-state index contributed by atoms with van der Waals surface area (Å²) >= 11 is 0. The molecule has 0 bridgehead atoms. The van der Waals surface area contributed by atoms with Crippen LogP contribution in [0.5, 0.6) is 0 Å². The predicted octanol–water partition coefficient (Wildman–Crippen LogP) is -0.810. The molecule has 0 aromatic heterocycles. The molecule has 1 fully saturated rings. The van der Waals surface area contributed by atoms with E-state index in [2.05, 4.69) is 17.3 Å². The summed E-state index contributed by atoms with van der Waals surface area (Å²) in [4.78, 5) is 0. The molecule has 1 rings (SSSR count). The van der Waals surface area contributed by atoms with E-state index >= 15 is 0 Å². The minimum atomic E-state index is 0.903. The second-order valence-corrected chi connectivity index (χ2v) is 0.920. The summed E-state index contributed by atoms with van der Waals surface area (Å²) in [5.41, 5.74) is 0. The highest BCUT2D eigenvalue weighted by atomic mass is 15.1. The zero-order valence-electron chi connectivity index (χ0n) is 2.86. The molecule has 0 aromatic carbocycles. The summed E-state index contributed by atoms with van der Waals surface area (Å²) in [5, 5.41) is 6.53. The van der Waals surface area contributed by atoms with Crippen molar-refractivity contribution in [2.75, 3.05) is 13.1 Å². The van der Waals surface area contributed by atoms with Crippen LogP contribution in [0.3, 0.4) is 0 Å². The fourth-order valence-corrected chi connectivity index (χ4v) is 0.280. The minimum absolute atomic E-state index is 0.903. The molecule has 1 aliphatic rings. The third-order valence-corrected chi connectivity index (χ3v) is 0.507. The lowest BCUT2D eigenvalue weighted by atomic mass is 10.7. The highest BCUT2D eigenvalue weighted by Gasteiger charge is 1.95. The Morgan fingerprint density at radius 2 is 2.80 bits per heavy atom. The summed E-state index contributed by atoms with van der Waals surface area (Å²) in [6, 6.07) is 0. The van der Waals surface area contributed by atoms with Gasteiger partial charge >= 0.3 is 0 Å². The van der Waals surface area contributed by atoms with Gasteiger partial charge in [-0.3, -0.25) is 5.32 Å². The van der Waals surface area contributed by atoms with E-state index in [-0.39, 0.29) is 0 Å². The third kappa shape index (κ3) is 0.597. The Balaban J connectivity index is 2.08. The van der Waals surface area contributed by atoms with Crippen molar-refractivity contribution < 1.29 is 0 Å². The van der Waals surface area contributed by atoms with Gasteiger partial charge in [-0.2, -0.15) is 0 Å². The van der Waals surface area contributed by atoms with Gasteiger partial charge in [0.15, 0.2) is 6.67 Å². The quantitative estimate of drug-likeness (QED) is 0.395. The van der Waals surface area contributed by atoms with Crippen molar-refractivity contribution >= 4 is 0 Å². The normalized spacial score (nSPS) is 24.0. The highest BCUT2D eigenvalue weighted by molar-refractivity contribution is 4.66. The summed E-state index contributed by atoms with van der Waals surface area (Å²) in [6.45, 7) is 4.47. The molecule has 0 aromatic rings. The van der Waals surface area contributed by atoms with E-state index in [1.807, 2.05) is 0 Å². The maximum absolute atomic E-state index is 3.72. The maximum atomic E-state index is 3.72. The molecule has 1 N–H and O–H groups in total. The Hall–Kier alpha value is -0.0800. The lowest BCUT2D eigenvalue weighted by molar-refractivity contribution is 0.924. The SMILES string of the molecule is [C]1[N]CCN1. The molecular weight excluding hydrogens is 64.0 g/mol. The van der Waals surface area contributed by atoms with Crippen molar-refractivity contribution in [3.63, 3.8) is 0 Å². The van der Waals surface area contributed by atoms with Crippen molar-refractivity contribution in [1.82, 2.24) is 10.6 Å². The molecule has 2 heteroatoms. The van der Waals surface area contributed by atoms with E-state index in [9.17, 15) is 0 Å². The number of nitrogens with one attached hydrogen (secondary N) is 1. The van der Waals surface area contributed by atoms with E-state index in [1.54, 1.807) is 0 Å². The van der Waals surface area contributed by atoms with Gasteiger partial charge in [0.25, 0.3) is 0 Å². The Labute approximate surface area is 31.6 Å². The lowest BCUT2D eigenvalue weighted by Crippen LogP contribution is -2.00. The molecule has 0 spiro atoms. The monoisotopic (exact) mass is 69.0 g/mol. The van der Waals surface area contributed by atoms with Crippen LogP contribution in [0.25, 0.3) is 0 Å². The number of nitrogens with zero attached hydrogens (tertiary/aromatic N) is 1. The van der Waals surface area contributed by atoms with Crippen molar-refractivity contribution in [2.45, 2.75) is 0 Å². The first-order valence-electron chi connectivity index (χ1n) is 1.64. The summed E-state index contributed by atoms with van der Waals surface area (Å²) < 4.78 is 0. The van der Waals surface area contributed by atoms with Crippen LogP contribution in [0.2, 0.25) is 0 Å². The van der Waals surface area contributed by atoms with Crippen molar-refractivity contribution in [3.8, 4) is 0 Å². The molecule has 5 heavy (non-hydrogen) atoms. The molecule has 1 saturated heterocycles. The average Bonchev–Trinajstić information content (AvgIpc) is 1.76. The van der Waals surface area contributed by atoms with Gasteiger partial charge in [-0.1, -0.05) is 0 Å². The van der Waals surface area contributed by atoms with Gasteiger partial charge in [-0.05, 0) is 0 Å². The molecule has 2 nitrogen and oxygen atoms in total. The average molecular weight is 69.1 g/mol. The Morgan fingerprint density at radius 1 is 1.80 bits per heavy atom. The van der Waals surface area contributed by atoms with E-state index in [4.69, 9.17) is 0 Å². The van der Waals surface area contributed by atoms with Crippen LogP contribution in [0.1, 0.15) is 0 Å². The van der Waals surface area contributed by atoms with Crippen molar-refractivity contribution in [3.05, 3.63) is 6.67 Å². The molecule has 0 atom stereocenters. The van der Waals surface area contributed by atoms with Gasteiger partial charge in [-0.15, -0.1) is 0 Å². The molecule has 0 saturated carbocycles. The minimum Gasteiger partial charge on any atom is -0.291 e. The van der Waals surface area contributed by atoms with E-state index < -0.39 is 0 Å². The molecule has 1 aliphatic heterocycles. The van der Waals surface area contributed by atoms with Crippen LogP contribution >= 0.6 is 0 Å². The maximum Gasteiger partial charge on any atom is 0.158 e. The standard InChI is InChI=1S/C3H5N2/c1-2-5-3-4-1/h4H,1-2H2. The van der Waals surface area contributed by atoms with Gasteiger partial charge in [0.1, 0.15) is 0 Å². The van der Waals surface area contributed by atoms with E-state index in [1.165, 1.54) is 0 Å². The fraction of sp³-hybridized carbons (Fsp3) is 0.667. The second kappa shape index (κ2) is 1.38. The second-order valence-electron chi connectivity index (χ2n) is 0.920. The van der Waals surface area contributed by atoms with Gasteiger partial charge in [0.05, 0.1) is 0 Å². The Morgan fingerprint density at radius 3 is 3.00 bits per heavy atom. The summed E-state index contributed by atoms with van der Waals surface area (Å²) in [6.07, 6.45) is 0. The molecule has 3 radical (unpaired) electrons. The molecule has 0 aliphatic carbocycles. The topological polar surface area (TPSA) is 26.1 Å². The molecule has 1 heterocycles. The zero-order valence-corrected chi connectivity index (χ0v) is 2.86. The van der Waals surface area contributed by atoms with Crippen molar-refractivity contribution in [2.24, 2.45) is 0 Å². The van der Waals surface area contributed by atoms with Crippen LogP contribution in [0.15, 0.2) is 0 Å². The fourth-order valence-electron chi connectivity index (χ4n) is 0.280. The van der Waals surface area contributed by atoms with Crippen LogP contribution in [-0.2, 0) is 0 Å². The third-order valence-electron chi connectivity index (χ3n) is 0.507. The van der Waals surface area contributed by atoms with Gasteiger partial charge in [-0.25, -0.2) is 5.32 Å². The van der Waals surface area contributed by atoms with Crippen LogP contribution in [0.4, 0.5) is 0 Å². The number of hydrogen-bond donors (Lipinski definition) is 1. The van der Waals surface area contributed by atoms with Gasteiger partial charge < -0.3 is 0 Å². The van der Waals surface area contributed by atoms with Crippen LogP contribution < -0.4 is 10.6 Å². The summed E-state index contributed by atoms with van der Waals surface area (Å²) in [5.74, 6) is 0. The summed E-state index contributed by atoms with van der Waals surface area (Å²) in [7, 11) is 0. The number of hydrogen-bond acceptors (Lipinski definition) is 1. The first-order valence-corrected chi connectivity index (χ1v) is 1.64. The predicted molar refractivity (Wildman–Crippen MR) is 18.2 cm³/mol. The first kappa shape index (κ1) is 3.12. The lowest BCUT2D eigenvalue weighted by Gasteiger charge is -1.71. The highest BCUT2D eigenvalue weighted by Crippen LogP contribution is 1.72. The Kier molecular flexibility index (Phi) is 0.862. The molecule has 0 amide bonds. The zero-order chi connectivity index (χ0) is 3.54. The molecular formula is C3H5N2. The van der Waals surface area contributed by atoms with E-state index in [0.717, 1.165) is 13.1 Å². The smallest absolute Gasteiger partial charge is 0.158 e. The first-order chi connectivity index (χ1) is 2.50. The Bertz CT molecular complexity index is 16.5. The van der Waals surface area contributed by atoms with Crippen LogP contribution in [0, 0.1) is 6.67 Å². The largest absolute Gasteiger partial charge is 0.291 e. The van der Waals surface area contributed by atoms with Gasteiger partial charge in [0.2, 0.25) is 0 Å². The van der Waals surface area contributed by atoms with Crippen molar-refractivity contribution in [1.29, 1.82) is 0 Å². The number of rotatable bonds is 0. The molecule has 0 unspecified atom stereocenters. The van der Waals surface area contributed by atoms with Gasteiger partial charge in [0, 0.05) is 13.1 Å². The van der Waals surface area contributed by atoms with Crippen LogP contribution in [-0.4, -0.2) is 13.1 Å².